The number of aliphatic imine (C=N–C) groups is 1. The van der Waals surface area contributed by atoms with Crippen LogP contribution in [0.5, 0.6) is 5.75 Å². The number of hydrogen-bond acceptors (Lipinski definition) is 7. The van der Waals surface area contributed by atoms with Gasteiger partial charge in [0.1, 0.15) is 11.8 Å². The van der Waals surface area contributed by atoms with Crippen LogP contribution in [-0.2, 0) is 16.0 Å². The summed E-state index contributed by atoms with van der Waals surface area (Å²) >= 11 is 1.50. The molecule has 1 aliphatic heterocycles. The van der Waals surface area contributed by atoms with Gasteiger partial charge in [-0.15, -0.1) is 0 Å². The molecular formula is C25H40N4O4S. The minimum atomic E-state index is -0.844. The number of carboxylic acid groups (broad SMARTS) is 1. The molecule has 1 aromatic carbocycles. The monoisotopic (exact) mass is 492 g/mol. The van der Waals surface area contributed by atoms with Crippen molar-refractivity contribution in [3.8, 4) is 5.75 Å². The van der Waals surface area contributed by atoms with Gasteiger partial charge in [0.15, 0.2) is 5.96 Å². The van der Waals surface area contributed by atoms with E-state index in [-0.39, 0.29) is 5.91 Å². The highest BCUT2D eigenvalue weighted by molar-refractivity contribution is 7.97. The second-order valence-electron chi connectivity index (χ2n) is 8.48. The minimum Gasteiger partial charge on any atom is -0.494 e. The molecule has 0 fully saturated rings. The summed E-state index contributed by atoms with van der Waals surface area (Å²) in [4.78, 5) is 27.8. The summed E-state index contributed by atoms with van der Waals surface area (Å²) in [7, 11) is 0. The van der Waals surface area contributed by atoms with Gasteiger partial charge < -0.3 is 15.2 Å². The Kier molecular flexibility index (Phi) is 14.2. The summed E-state index contributed by atoms with van der Waals surface area (Å²) in [5.74, 6) is 1.27. The highest BCUT2D eigenvalue weighted by atomic mass is 32.2. The largest absolute Gasteiger partial charge is 0.494 e. The molecule has 0 bridgehead atoms. The smallest absolute Gasteiger partial charge is 0.321 e. The van der Waals surface area contributed by atoms with Crippen molar-refractivity contribution in [3.63, 3.8) is 0 Å². The van der Waals surface area contributed by atoms with E-state index in [0.29, 0.717) is 37.6 Å². The molecule has 34 heavy (non-hydrogen) atoms. The van der Waals surface area contributed by atoms with Gasteiger partial charge in [-0.3, -0.25) is 19.9 Å². The Morgan fingerprint density at radius 2 is 1.91 bits per heavy atom. The fourth-order valence-electron chi connectivity index (χ4n) is 3.48. The zero-order valence-corrected chi connectivity index (χ0v) is 21.1. The SMILES string of the molecule is CCCCCCCCSNC(Cc1ccc(OCCCC(=O)NC2=NCCCN2)cc1)C(=O)O. The van der Waals surface area contributed by atoms with Crippen LogP contribution >= 0.6 is 11.9 Å². The van der Waals surface area contributed by atoms with Crippen LogP contribution in [0.1, 0.15) is 70.3 Å². The highest BCUT2D eigenvalue weighted by Crippen LogP contribution is 2.15. The van der Waals surface area contributed by atoms with Crippen LogP contribution < -0.4 is 20.1 Å². The fourth-order valence-corrected chi connectivity index (χ4v) is 4.34. The average molecular weight is 493 g/mol. The molecule has 0 aromatic heterocycles. The molecule has 1 amide bonds. The van der Waals surface area contributed by atoms with Crippen molar-refractivity contribution in [3.05, 3.63) is 29.8 Å². The number of rotatable bonds is 17. The topological polar surface area (TPSA) is 112 Å². The molecule has 1 atom stereocenters. The van der Waals surface area contributed by atoms with Gasteiger partial charge in [0.2, 0.25) is 5.91 Å². The van der Waals surface area contributed by atoms with E-state index in [1.165, 1.54) is 44.1 Å². The number of aliphatic carboxylic acids is 1. The van der Waals surface area contributed by atoms with Crippen LogP contribution in [0.3, 0.4) is 0 Å². The minimum absolute atomic E-state index is 0.0753. The number of hydrogen-bond donors (Lipinski definition) is 4. The second-order valence-corrected chi connectivity index (χ2v) is 9.42. The molecule has 9 heteroatoms. The molecule has 2 rings (SSSR count). The summed E-state index contributed by atoms with van der Waals surface area (Å²) in [6, 6.07) is 6.85. The second kappa shape index (κ2) is 17.2. The van der Waals surface area contributed by atoms with E-state index < -0.39 is 12.0 Å². The first-order valence-electron chi connectivity index (χ1n) is 12.5. The van der Waals surface area contributed by atoms with E-state index in [1.807, 2.05) is 24.3 Å². The van der Waals surface area contributed by atoms with E-state index in [2.05, 4.69) is 27.3 Å². The molecule has 1 heterocycles. The first-order valence-corrected chi connectivity index (χ1v) is 13.5. The number of carbonyl (C=O) groups is 2. The lowest BCUT2D eigenvalue weighted by Crippen LogP contribution is -2.43. The molecule has 4 N–H and O–H groups in total. The number of carbonyl (C=O) groups excluding carboxylic acids is 1. The molecule has 1 aromatic rings. The predicted octanol–water partition coefficient (Wildman–Crippen LogP) is 3.91. The van der Waals surface area contributed by atoms with Crippen LogP contribution in [0.25, 0.3) is 0 Å². The predicted molar refractivity (Wildman–Crippen MR) is 138 cm³/mol. The summed E-state index contributed by atoms with van der Waals surface area (Å²) < 4.78 is 8.82. The Morgan fingerprint density at radius 1 is 1.15 bits per heavy atom. The lowest BCUT2D eigenvalue weighted by atomic mass is 10.1. The number of unbranched alkanes of at least 4 members (excludes halogenated alkanes) is 5. The molecule has 0 spiro atoms. The van der Waals surface area contributed by atoms with Crippen molar-refractivity contribution < 1.29 is 19.4 Å². The molecule has 0 aliphatic carbocycles. The normalized spacial score (nSPS) is 14.1. The maximum Gasteiger partial charge on any atom is 0.321 e. The number of ether oxygens (including phenoxy) is 1. The van der Waals surface area contributed by atoms with Gasteiger partial charge in [-0.2, -0.15) is 0 Å². The lowest BCUT2D eigenvalue weighted by Gasteiger charge is -2.15. The van der Waals surface area contributed by atoms with E-state index in [4.69, 9.17) is 4.74 Å². The number of amides is 1. The Hall–Kier alpha value is -2.26. The lowest BCUT2D eigenvalue weighted by molar-refractivity contribution is -0.138. The van der Waals surface area contributed by atoms with Gasteiger partial charge in [0, 0.05) is 25.3 Å². The molecule has 190 valence electrons. The van der Waals surface area contributed by atoms with Crippen LogP contribution in [0.2, 0.25) is 0 Å². The van der Waals surface area contributed by atoms with Crippen molar-refractivity contribution in [1.82, 2.24) is 15.4 Å². The van der Waals surface area contributed by atoms with Crippen molar-refractivity contribution in [2.45, 2.75) is 77.2 Å². The van der Waals surface area contributed by atoms with E-state index >= 15 is 0 Å². The van der Waals surface area contributed by atoms with Crippen LogP contribution in [-0.4, -0.2) is 54.4 Å². The maximum atomic E-state index is 11.9. The highest BCUT2D eigenvalue weighted by Gasteiger charge is 2.17. The zero-order valence-electron chi connectivity index (χ0n) is 20.3. The number of guanidine groups is 1. The fraction of sp³-hybridized carbons (Fsp3) is 0.640. The summed E-state index contributed by atoms with van der Waals surface area (Å²) in [5.41, 5.74) is 0.938. The number of nitrogens with zero attached hydrogens (tertiary/aromatic N) is 1. The summed E-state index contributed by atoms with van der Waals surface area (Å²) in [6.45, 7) is 4.21. The molecule has 8 nitrogen and oxygen atoms in total. The Bertz CT molecular complexity index is 758. The van der Waals surface area contributed by atoms with E-state index in [9.17, 15) is 14.7 Å². The van der Waals surface area contributed by atoms with Crippen molar-refractivity contribution in [1.29, 1.82) is 0 Å². The van der Waals surface area contributed by atoms with Crippen LogP contribution in [0, 0.1) is 0 Å². The average Bonchev–Trinajstić information content (AvgIpc) is 2.84. The molecule has 0 saturated carbocycles. The van der Waals surface area contributed by atoms with E-state index in [1.54, 1.807) is 0 Å². The third kappa shape index (κ3) is 12.3. The third-order valence-electron chi connectivity index (χ3n) is 5.46. The number of nitrogens with one attached hydrogen (secondary N) is 3. The van der Waals surface area contributed by atoms with Crippen molar-refractivity contribution in [2.75, 3.05) is 25.4 Å². The molecule has 1 aliphatic rings. The summed E-state index contributed by atoms with van der Waals surface area (Å²) in [6.07, 6.45) is 9.75. The standard InChI is InChI=1S/C25H40N4O4S/c1-2-3-4-5-6-7-18-34-29-22(24(31)32)19-20-11-13-21(14-12-20)33-17-8-10-23(30)28-25-26-15-9-16-27-25/h11-14,22,29H,2-10,15-19H2,1H3,(H,31,32)(H2,26,27,28,30). The Balaban J connectivity index is 1.61. The zero-order chi connectivity index (χ0) is 24.4. The van der Waals surface area contributed by atoms with Gasteiger partial charge >= 0.3 is 5.97 Å². The van der Waals surface area contributed by atoms with Gasteiger partial charge in [0.25, 0.3) is 0 Å². The van der Waals surface area contributed by atoms with Gasteiger partial charge in [0.05, 0.1) is 6.61 Å². The van der Waals surface area contributed by atoms with Crippen LogP contribution in [0.4, 0.5) is 0 Å². The first kappa shape index (κ1) is 28.0. The summed E-state index contributed by atoms with van der Waals surface area (Å²) in [5, 5.41) is 15.4. The molecule has 0 saturated heterocycles. The Morgan fingerprint density at radius 3 is 2.62 bits per heavy atom. The van der Waals surface area contributed by atoms with Gasteiger partial charge in [-0.25, -0.2) is 4.72 Å². The van der Waals surface area contributed by atoms with Crippen molar-refractivity contribution in [2.24, 2.45) is 4.99 Å². The maximum absolute atomic E-state index is 11.9. The first-order chi connectivity index (χ1) is 16.6. The van der Waals surface area contributed by atoms with Crippen LogP contribution in [0.15, 0.2) is 29.3 Å². The molecule has 0 radical (unpaired) electrons. The molecule has 1 unspecified atom stereocenters. The quantitative estimate of drug-likeness (QED) is 0.193. The van der Waals surface area contributed by atoms with Gasteiger partial charge in [-0.05, 0) is 43.4 Å². The van der Waals surface area contributed by atoms with Gasteiger partial charge in [-0.1, -0.05) is 63.1 Å². The molecular weight excluding hydrogens is 452 g/mol. The number of carboxylic acids is 1. The van der Waals surface area contributed by atoms with E-state index in [0.717, 1.165) is 37.2 Å². The Labute approximate surface area is 207 Å². The van der Waals surface area contributed by atoms with Crippen molar-refractivity contribution >= 4 is 29.8 Å². The number of benzene rings is 1. The third-order valence-corrected chi connectivity index (χ3v) is 6.40.